The third-order valence-corrected chi connectivity index (χ3v) is 4.02. The molecule has 1 fully saturated rings. The molecular formula is C12H17NO3S. The van der Waals surface area contributed by atoms with Gasteiger partial charge in [-0.25, -0.2) is 0 Å². The molecule has 0 spiro atoms. The summed E-state index contributed by atoms with van der Waals surface area (Å²) in [4.78, 5) is 0. The van der Waals surface area contributed by atoms with Crippen molar-refractivity contribution in [2.75, 3.05) is 0 Å². The number of rotatable bonds is 2. The van der Waals surface area contributed by atoms with E-state index in [0.717, 1.165) is 5.56 Å². The van der Waals surface area contributed by atoms with Crippen molar-refractivity contribution in [3.8, 4) is 0 Å². The number of hydrogen-bond acceptors (Lipinski definition) is 3. The zero-order chi connectivity index (χ0) is 12.5. The van der Waals surface area contributed by atoms with Crippen LogP contribution >= 0.6 is 0 Å². The molecular weight excluding hydrogens is 238 g/mol. The molecule has 2 rings (SSSR count). The fourth-order valence-corrected chi connectivity index (χ4v) is 3.22. The normalized spacial score (nSPS) is 28.2. The van der Waals surface area contributed by atoms with Gasteiger partial charge in [0.05, 0.1) is 12.1 Å². The Morgan fingerprint density at radius 3 is 2.53 bits per heavy atom. The van der Waals surface area contributed by atoms with E-state index >= 15 is 0 Å². The second-order valence-corrected chi connectivity index (χ2v) is 5.99. The van der Waals surface area contributed by atoms with Gasteiger partial charge in [0.25, 0.3) is 0 Å². The van der Waals surface area contributed by atoms with Gasteiger partial charge in [0, 0.05) is 0 Å². The lowest BCUT2D eigenvalue weighted by atomic mass is 9.96. The predicted octanol–water partition coefficient (Wildman–Crippen LogP) is 2.01. The Kier molecular flexibility index (Phi) is 3.51. The Hall–Kier alpha value is -0.910. The minimum atomic E-state index is -3.62. The topological polar surface area (TPSA) is 55.4 Å². The first-order valence-electron chi connectivity index (χ1n) is 5.73. The summed E-state index contributed by atoms with van der Waals surface area (Å²) < 4.78 is 30.8. The minimum absolute atomic E-state index is 0.179. The van der Waals surface area contributed by atoms with E-state index in [-0.39, 0.29) is 18.1 Å². The van der Waals surface area contributed by atoms with Crippen molar-refractivity contribution >= 4 is 10.3 Å². The summed E-state index contributed by atoms with van der Waals surface area (Å²) in [6.07, 6.45) is 0.410. The van der Waals surface area contributed by atoms with E-state index in [2.05, 4.69) is 4.72 Å². The van der Waals surface area contributed by atoms with Crippen molar-refractivity contribution in [1.29, 1.82) is 0 Å². The molecule has 2 atom stereocenters. The fourth-order valence-electron chi connectivity index (χ4n) is 1.96. The van der Waals surface area contributed by atoms with Crippen LogP contribution < -0.4 is 4.72 Å². The van der Waals surface area contributed by atoms with Crippen LogP contribution in [0.3, 0.4) is 0 Å². The van der Waals surface area contributed by atoms with E-state index in [1.165, 1.54) is 0 Å². The predicted molar refractivity (Wildman–Crippen MR) is 65.6 cm³/mol. The Labute approximate surface area is 102 Å². The van der Waals surface area contributed by atoms with Gasteiger partial charge in [0.15, 0.2) is 0 Å². The molecule has 1 heterocycles. The molecule has 1 aromatic carbocycles. The summed E-state index contributed by atoms with van der Waals surface area (Å²) in [5.41, 5.74) is 0.977. The average molecular weight is 255 g/mol. The molecule has 0 bridgehead atoms. The number of nitrogens with one attached hydrogen (secondary N) is 1. The van der Waals surface area contributed by atoms with Crippen LogP contribution in [0.25, 0.3) is 0 Å². The molecule has 1 aliphatic heterocycles. The zero-order valence-corrected chi connectivity index (χ0v) is 10.8. The van der Waals surface area contributed by atoms with Gasteiger partial charge in [-0.3, -0.25) is 4.18 Å². The minimum Gasteiger partial charge on any atom is -0.254 e. The van der Waals surface area contributed by atoms with E-state index in [1.807, 2.05) is 44.2 Å². The van der Waals surface area contributed by atoms with Gasteiger partial charge in [-0.15, -0.1) is 0 Å². The van der Waals surface area contributed by atoms with Crippen LogP contribution in [-0.4, -0.2) is 14.5 Å². The maximum atomic E-state index is 11.6. The van der Waals surface area contributed by atoms with E-state index in [4.69, 9.17) is 4.18 Å². The first kappa shape index (κ1) is 12.5. The van der Waals surface area contributed by atoms with Crippen molar-refractivity contribution in [3.63, 3.8) is 0 Å². The summed E-state index contributed by atoms with van der Waals surface area (Å²) in [5.74, 6) is 0.179. The number of benzene rings is 1. The van der Waals surface area contributed by atoms with Gasteiger partial charge in [0.2, 0.25) is 0 Å². The molecule has 0 saturated carbocycles. The highest BCUT2D eigenvalue weighted by Crippen LogP contribution is 2.29. The molecule has 0 amide bonds. The highest BCUT2D eigenvalue weighted by atomic mass is 32.2. The Morgan fingerprint density at radius 2 is 1.94 bits per heavy atom. The molecule has 0 aliphatic carbocycles. The second kappa shape index (κ2) is 4.76. The lowest BCUT2D eigenvalue weighted by molar-refractivity contribution is 0.115. The quantitative estimate of drug-likeness (QED) is 0.879. The lowest BCUT2D eigenvalue weighted by Crippen LogP contribution is -2.42. The summed E-state index contributed by atoms with van der Waals surface area (Å²) in [6, 6.07) is 9.39. The van der Waals surface area contributed by atoms with Gasteiger partial charge in [-0.05, 0) is 17.9 Å². The van der Waals surface area contributed by atoms with Gasteiger partial charge < -0.3 is 0 Å². The second-order valence-electron chi connectivity index (χ2n) is 4.65. The van der Waals surface area contributed by atoms with Crippen LogP contribution in [0, 0.1) is 5.92 Å². The first-order chi connectivity index (χ1) is 7.98. The Balaban J connectivity index is 2.24. The summed E-state index contributed by atoms with van der Waals surface area (Å²) in [7, 11) is -3.62. The molecule has 17 heavy (non-hydrogen) atoms. The molecule has 1 aliphatic rings. The zero-order valence-electron chi connectivity index (χ0n) is 9.96. The molecule has 1 saturated heterocycles. The summed E-state index contributed by atoms with van der Waals surface area (Å²) >= 11 is 0. The van der Waals surface area contributed by atoms with Crippen molar-refractivity contribution in [2.45, 2.75) is 32.4 Å². The highest BCUT2D eigenvalue weighted by Gasteiger charge is 2.34. The van der Waals surface area contributed by atoms with Crippen molar-refractivity contribution in [1.82, 2.24) is 4.72 Å². The van der Waals surface area contributed by atoms with Gasteiger partial charge in [0.1, 0.15) is 0 Å². The van der Waals surface area contributed by atoms with Gasteiger partial charge >= 0.3 is 10.3 Å². The molecule has 0 unspecified atom stereocenters. The maximum Gasteiger partial charge on any atom is 0.336 e. The van der Waals surface area contributed by atoms with Crippen LogP contribution in [0.1, 0.15) is 31.9 Å². The summed E-state index contributed by atoms with van der Waals surface area (Å²) in [5, 5.41) is 0. The van der Waals surface area contributed by atoms with Gasteiger partial charge in [-0.1, -0.05) is 44.2 Å². The average Bonchev–Trinajstić information content (AvgIpc) is 2.28. The smallest absolute Gasteiger partial charge is 0.254 e. The maximum absolute atomic E-state index is 11.6. The molecule has 1 aromatic rings. The third-order valence-electron chi connectivity index (χ3n) is 2.95. The highest BCUT2D eigenvalue weighted by molar-refractivity contribution is 7.84. The molecule has 1 N–H and O–H groups in total. The van der Waals surface area contributed by atoms with E-state index < -0.39 is 10.3 Å². The Morgan fingerprint density at radius 1 is 1.29 bits per heavy atom. The molecule has 94 valence electrons. The van der Waals surface area contributed by atoms with Crippen molar-refractivity contribution in [3.05, 3.63) is 35.9 Å². The number of hydrogen-bond donors (Lipinski definition) is 1. The van der Waals surface area contributed by atoms with Crippen LogP contribution in [-0.2, 0) is 14.5 Å². The van der Waals surface area contributed by atoms with Crippen molar-refractivity contribution in [2.24, 2.45) is 5.92 Å². The molecule has 0 radical (unpaired) electrons. The molecule has 0 aromatic heterocycles. The third kappa shape index (κ3) is 3.06. The van der Waals surface area contributed by atoms with Crippen molar-refractivity contribution < 1.29 is 12.6 Å². The summed E-state index contributed by atoms with van der Waals surface area (Å²) in [6.45, 7) is 3.93. The van der Waals surface area contributed by atoms with Gasteiger partial charge in [-0.2, -0.15) is 13.1 Å². The van der Waals surface area contributed by atoms with E-state index in [1.54, 1.807) is 0 Å². The fraction of sp³-hybridized carbons (Fsp3) is 0.500. The SMILES string of the molecule is CC(C)[C@H]1C[C@@H](c2ccccc2)NS(=O)(=O)O1. The van der Waals surface area contributed by atoms with Crippen LogP contribution in [0.5, 0.6) is 0 Å². The largest absolute Gasteiger partial charge is 0.336 e. The van der Waals surface area contributed by atoms with Crippen LogP contribution in [0.4, 0.5) is 0 Å². The van der Waals surface area contributed by atoms with E-state index in [9.17, 15) is 8.42 Å². The standard InChI is InChI=1S/C12H17NO3S/c1-9(2)12-8-11(13-17(14,15)16-12)10-6-4-3-5-7-10/h3-7,9,11-13H,8H2,1-2H3/t11-,12+/m0/s1. The lowest BCUT2D eigenvalue weighted by Gasteiger charge is -2.32. The monoisotopic (exact) mass is 255 g/mol. The molecule has 5 heteroatoms. The molecule has 4 nitrogen and oxygen atoms in total. The van der Waals surface area contributed by atoms with Crippen LogP contribution in [0.15, 0.2) is 30.3 Å². The Bertz CT molecular complexity index is 470. The first-order valence-corrected chi connectivity index (χ1v) is 7.14. The van der Waals surface area contributed by atoms with E-state index in [0.29, 0.717) is 6.42 Å². The van der Waals surface area contributed by atoms with Crippen LogP contribution in [0.2, 0.25) is 0 Å².